The van der Waals surface area contributed by atoms with Crippen molar-refractivity contribution in [3.05, 3.63) is 41.7 Å². The number of fused-ring (bicyclic) bond motifs is 2. The molecule has 5 heterocycles. The molecule has 1 unspecified atom stereocenters. The Balaban J connectivity index is 0.00000144. The highest BCUT2D eigenvalue weighted by Gasteiger charge is 2.31. The molecule has 2 fully saturated rings. The van der Waals surface area contributed by atoms with E-state index in [1.807, 2.05) is 24.9 Å². The number of carbonyl (C=O) groups excluding carboxylic acids is 2. The maximum atomic E-state index is 12.3. The first kappa shape index (κ1) is 26.4. The quantitative estimate of drug-likeness (QED) is 0.495. The predicted octanol–water partition coefficient (Wildman–Crippen LogP) is 4.80. The van der Waals surface area contributed by atoms with Gasteiger partial charge in [-0.2, -0.15) is 5.10 Å². The lowest BCUT2D eigenvalue weighted by Crippen LogP contribution is -2.35. The van der Waals surface area contributed by atoms with Crippen LogP contribution < -0.4 is 4.90 Å². The average molecular weight is 518 g/mol. The standard InChI is InChI=1S/C28H33N5O3.C2H6/c1-18(34)21-6-10-32(16-21)27-14-20-4-3-5-23(24(20)15-29-27)28-25-17-31(19(2)35)11-7-26(25)33(30-28)22-8-12-36-13-9-22;1-2/h3-5,14-15,21-22H,6-13,16-17H2,1-2H3;1-2H3. The summed E-state index contributed by atoms with van der Waals surface area (Å²) in [4.78, 5) is 33.1. The van der Waals surface area contributed by atoms with Crippen LogP contribution in [0.3, 0.4) is 0 Å². The first-order valence-corrected chi connectivity index (χ1v) is 14.1. The van der Waals surface area contributed by atoms with Crippen LogP contribution in [-0.2, 0) is 27.3 Å². The molecule has 0 N–H and O–H groups in total. The molecular weight excluding hydrogens is 478 g/mol. The van der Waals surface area contributed by atoms with Gasteiger partial charge in [0.2, 0.25) is 5.91 Å². The van der Waals surface area contributed by atoms with Crippen molar-refractivity contribution < 1.29 is 14.3 Å². The summed E-state index contributed by atoms with van der Waals surface area (Å²) in [5.41, 5.74) is 4.43. The molecule has 1 aromatic carbocycles. The van der Waals surface area contributed by atoms with E-state index in [0.29, 0.717) is 12.6 Å². The van der Waals surface area contributed by atoms with Gasteiger partial charge in [0.1, 0.15) is 11.6 Å². The van der Waals surface area contributed by atoms with Gasteiger partial charge in [-0.1, -0.05) is 32.0 Å². The van der Waals surface area contributed by atoms with Crippen molar-refractivity contribution in [2.75, 3.05) is 37.7 Å². The van der Waals surface area contributed by atoms with Crippen molar-refractivity contribution in [1.82, 2.24) is 19.7 Å². The van der Waals surface area contributed by atoms with E-state index < -0.39 is 0 Å². The van der Waals surface area contributed by atoms with Crippen LogP contribution in [0.2, 0.25) is 0 Å². The lowest BCUT2D eigenvalue weighted by Gasteiger charge is -2.29. The van der Waals surface area contributed by atoms with E-state index in [4.69, 9.17) is 14.8 Å². The molecule has 0 radical (unpaired) electrons. The molecule has 202 valence electrons. The molecule has 8 nitrogen and oxygen atoms in total. The van der Waals surface area contributed by atoms with Gasteiger partial charge in [0, 0.05) is 87.1 Å². The number of aromatic nitrogens is 3. The van der Waals surface area contributed by atoms with Crippen molar-refractivity contribution in [2.24, 2.45) is 5.92 Å². The Morgan fingerprint density at radius 1 is 1.05 bits per heavy atom. The summed E-state index contributed by atoms with van der Waals surface area (Å²) in [5.74, 6) is 1.37. The third kappa shape index (κ3) is 4.94. The lowest BCUT2D eigenvalue weighted by molar-refractivity contribution is -0.129. The van der Waals surface area contributed by atoms with Gasteiger partial charge in [-0.3, -0.25) is 14.3 Å². The fraction of sp³-hybridized carbons (Fsp3) is 0.533. The van der Waals surface area contributed by atoms with Crippen molar-refractivity contribution >= 4 is 28.3 Å². The van der Waals surface area contributed by atoms with E-state index in [1.165, 1.54) is 5.69 Å². The number of hydrogen-bond donors (Lipinski definition) is 0. The maximum Gasteiger partial charge on any atom is 0.219 e. The molecule has 6 rings (SSSR count). The Labute approximate surface area is 225 Å². The number of carbonyl (C=O) groups is 2. The molecule has 0 saturated carbocycles. The van der Waals surface area contributed by atoms with Gasteiger partial charge in [-0.05, 0) is 37.6 Å². The number of hydrogen-bond acceptors (Lipinski definition) is 6. The van der Waals surface area contributed by atoms with E-state index in [-0.39, 0.29) is 17.6 Å². The molecule has 3 aliphatic heterocycles. The highest BCUT2D eigenvalue weighted by molar-refractivity contribution is 5.97. The fourth-order valence-electron chi connectivity index (χ4n) is 6.00. The summed E-state index contributed by atoms with van der Waals surface area (Å²) in [6.07, 6.45) is 5.58. The molecule has 8 heteroatoms. The first-order valence-electron chi connectivity index (χ1n) is 14.1. The van der Waals surface area contributed by atoms with Crippen molar-refractivity contribution in [3.63, 3.8) is 0 Å². The zero-order valence-corrected chi connectivity index (χ0v) is 23.1. The van der Waals surface area contributed by atoms with Gasteiger partial charge in [0.25, 0.3) is 0 Å². The highest BCUT2D eigenvalue weighted by Crippen LogP contribution is 2.37. The van der Waals surface area contributed by atoms with E-state index in [0.717, 1.165) is 91.9 Å². The lowest BCUT2D eigenvalue weighted by atomic mass is 9.97. The number of ether oxygens (including phenoxy) is 1. The first-order chi connectivity index (χ1) is 18.5. The second kappa shape index (κ2) is 11.2. The van der Waals surface area contributed by atoms with E-state index in [2.05, 4.69) is 33.8 Å². The zero-order chi connectivity index (χ0) is 26.8. The van der Waals surface area contributed by atoms with Crippen LogP contribution in [0.4, 0.5) is 5.82 Å². The van der Waals surface area contributed by atoms with Crippen LogP contribution in [0.5, 0.6) is 0 Å². The van der Waals surface area contributed by atoms with Gasteiger partial charge in [0.15, 0.2) is 0 Å². The molecule has 0 aliphatic carbocycles. The van der Waals surface area contributed by atoms with Crippen LogP contribution >= 0.6 is 0 Å². The van der Waals surface area contributed by atoms with Crippen molar-refractivity contribution in [1.29, 1.82) is 0 Å². The Kier molecular flexibility index (Phi) is 7.79. The number of benzene rings is 1. The average Bonchev–Trinajstić information content (AvgIpc) is 3.60. The number of Topliss-reactive ketones (excluding diaryl/α,β-unsaturated/α-hetero) is 1. The number of ketones is 1. The Bertz CT molecular complexity index is 1330. The third-order valence-electron chi connectivity index (χ3n) is 8.16. The minimum Gasteiger partial charge on any atom is -0.381 e. The molecule has 2 saturated heterocycles. The molecule has 3 aliphatic rings. The van der Waals surface area contributed by atoms with Gasteiger partial charge >= 0.3 is 0 Å². The summed E-state index contributed by atoms with van der Waals surface area (Å²) in [6.45, 7) is 11.8. The predicted molar refractivity (Wildman–Crippen MR) is 149 cm³/mol. The van der Waals surface area contributed by atoms with Crippen molar-refractivity contribution in [2.45, 2.75) is 66.0 Å². The van der Waals surface area contributed by atoms with Crippen LogP contribution in [0.1, 0.15) is 64.3 Å². The molecule has 0 spiro atoms. The smallest absolute Gasteiger partial charge is 0.219 e. The zero-order valence-electron chi connectivity index (χ0n) is 23.1. The number of rotatable bonds is 4. The summed E-state index contributed by atoms with van der Waals surface area (Å²) in [7, 11) is 0. The third-order valence-corrected chi connectivity index (χ3v) is 8.16. The molecule has 0 bridgehead atoms. The summed E-state index contributed by atoms with van der Waals surface area (Å²) >= 11 is 0. The number of anilines is 1. The number of amides is 1. The van der Waals surface area contributed by atoms with Crippen LogP contribution in [-0.4, -0.2) is 64.2 Å². The molecule has 38 heavy (non-hydrogen) atoms. The second-order valence-corrected chi connectivity index (χ2v) is 10.4. The van der Waals surface area contributed by atoms with Gasteiger partial charge in [-0.15, -0.1) is 0 Å². The Morgan fingerprint density at radius 3 is 2.55 bits per heavy atom. The van der Waals surface area contributed by atoms with Gasteiger partial charge < -0.3 is 14.5 Å². The van der Waals surface area contributed by atoms with E-state index in [1.54, 1.807) is 13.8 Å². The minimum absolute atomic E-state index is 0.0960. The molecule has 1 amide bonds. The van der Waals surface area contributed by atoms with E-state index >= 15 is 0 Å². The number of nitrogens with zero attached hydrogens (tertiary/aromatic N) is 5. The molecule has 3 aromatic rings. The maximum absolute atomic E-state index is 12.3. The Hall–Kier alpha value is -3.26. The SMILES string of the molecule is CC.CC(=O)C1CCN(c2cc3cccc(-c4nn(C5CCOCC5)c5c4CN(C(C)=O)CC5)c3cn2)C1. The highest BCUT2D eigenvalue weighted by atomic mass is 16.5. The van der Waals surface area contributed by atoms with E-state index in [9.17, 15) is 9.59 Å². The monoisotopic (exact) mass is 517 g/mol. The molecule has 1 atom stereocenters. The number of pyridine rings is 1. The van der Waals surface area contributed by atoms with Crippen LogP contribution in [0.15, 0.2) is 30.5 Å². The summed E-state index contributed by atoms with van der Waals surface area (Å²) < 4.78 is 7.84. The molecule has 2 aromatic heterocycles. The second-order valence-electron chi connectivity index (χ2n) is 10.4. The van der Waals surface area contributed by atoms with Crippen molar-refractivity contribution in [3.8, 4) is 11.3 Å². The summed E-state index contributed by atoms with van der Waals surface area (Å²) in [6, 6.07) is 8.77. The topological polar surface area (TPSA) is 80.6 Å². The largest absolute Gasteiger partial charge is 0.381 e. The Morgan fingerprint density at radius 2 is 1.84 bits per heavy atom. The minimum atomic E-state index is 0.0960. The normalized spacial score (nSPS) is 19.7. The van der Waals surface area contributed by atoms with Gasteiger partial charge in [0.05, 0.1) is 11.7 Å². The van der Waals surface area contributed by atoms with Crippen LogP contribution in [0, 0.1) is 5.92 Å². The van der Waals surface area contributed by atoms with Crippen LogP contribution in [0.25, 0.3) is 22.0 Å². The fourth-order valence-corrected chi connectivity index (χ4v) is 6.00. The molecular formula is C30H39N5O3. The summed E-state index contributed by atoms with van der Waals surface area (Å²) in [5, 5.41) is 7.37. The van der Waals surface area contributed by atoms with Gasteiger partial charge in [-0.25, -0.2) is 4.98 Å².